The number of hydrogen-bond donors (Lipinski definition) is 2. The summed E-state index contributed by atoms with van der Waals surface area (Å²) in [4.78, 5) is 12.4. The average Bonchev–Trinajstić information content (AvgIpc) is 2.43. The maximum atomic E-state index is 12.4. The van der Waals surface area contributed by atoms with Crippen molar-refractivity contribution in [1.29, 1.82) is 0 Å². The van der Waals surface area contributed by atoms with Gasteiger partial charge in [0.15, 0.2) is 0 Å². The molecule has 0 spiro atoms. The Kier molecular flexibility index (Phi) is 4.53. The van der Waals surface area contributed by atoms with Crippen LogP contribution < -0.4 is 15.8 Å². The van der Waals surface area contributed by atoms with E-state index in [4.69, 9.17) is 10.5 Å². The minimum atomic E-state index is -0.0680. The van der Waals surface area contributed by atoms with Crippen molar-refractivity contribution in [3.05, 3.63) is 23.8 Å². The molecular formula is C16H24N2O2. The summed E-state index contributed by atoms with van der Waals surface area (Å²) in [5.41, 5.74) is 6.90. The monoisotopic (exact) mass is 276 g/mol. The molecule has 1 aliphatic carbocycles. The second-order valence-corrected chi connectivity index (χ2v) is 5.84. The average molecular weight is 276 g/mol. The third-order valence-electron chi connectivity index (χ3n) is 4.45. The van der Waals surface area contributed by atoms with Crippen molar-refractivity contribution in [2.75, 3.05) is 12.8 Å². The van der Waals surface area contributed by atoms with Crippen LogP contribution in [0, 0.1) is 11.8 Å². The van der Waals surface area contributed by atoms with E-state index in [1.165, 1.54) is 12.8 Å². The quantitative estimate of drug-likeness (QED) is 0.834. The van der Waals surface area contributed by atoms with Crippen LogP contribution in [-0.4, -0.2) is 19.1 Å². The summed E-state index contributed by atoms with van der Waals surface area (Å²) in [6.45, 7) is 4.47. The van der Waals surface area contributed by atoms with Gasteiger partial charge in [0.2, 0.25) is 0 Å². The summed E-state index contributed by atoms with van der Waals surface area (Å²) in [5.74, 6) is 1.71. The largest absolute Gasteiger partial charge is 0.497 e. The predicted molar refractivity (Wildman–Crippen MR) is 80.8 cm³/mol. The first-order valence-corrected chi connectivity index (χ1v) is 7.26. The van der Waals surface area contributed by atoms with Crippen LogP contribution in [0.3, 0.4) is 0 Å². The lowest BCUT2D eigenvalue weighted by atomic mass is 9.78. The van der Waals surface area contributed by atoms with E-state index >= 15 is 0 Å². The third-order valence-corrected chi connectivity index (χ3v) is 4.45. The van der Waals surface area contributed by atoms with Crippen molar-refractivity contribution in [1.82, 2.24) is 5.32 Å². The first-order chi connectivity index (χ1) is 9.51. The molecule has 0 aromatic heterocycles. The number of hydrogen-bond acceptors (Lipinski definition) is 3. The van der Waals surface area contributed by atoms with Crippen LogP contribution in [0.15, 0.2) is 18.2 Å². The minimum absolute atomic E-state index is 0.0680. The highest BCUT2D eigenvalue weighted by Gasteiger charge is 2.28. The molecule has 1 aromatic rings. The maximum absolute atomic E-state index is 12.4. The van der Waals surface area contributed by atoms with E-state index in [9.17, 15) is 4.79 Å². The van der Waals surface area contributed by atoms with Gasteiger partial charge in [-0.25, -0.2) is 0 Å². The number of amides is 1. The third kappa shape index (κ3) is 3.24. The molecule has 1 amide bonds. The Morgan fingerprint density at radius 2 is 2.05 bits per heavy atom. The number of rotatable bonds is 3. The van der Waals surface area contributed by atoms with Gasteiger partial charge >= 0.3 is 0 Å². The van der Waals surface area contributed by atoms with E-state index in [1.807, 2.05) is 0 Å². The molecule has 3 atom stereocenters. The molecule has 0 aliphatic heterocycles. The number of carbonyl (C=O) groups is 1. The molecular weight excluding hydrogens is 252 g/mol. The molecule has 0 radical (unpaired) electrons. The Balaban J connectivity index is 2.09. The van der Waals surface area contributed by atoms with Crippen LogP contribution in [0.25, 0.3) is 0 Å². The van der Waals surface area contributed by atoms with Crippen LogP contribution in [0.1, 0.15) is 43.5 Å². The lowest BCUT2D eigenvalue weighted by Crippen LogP contribution is -2.43. The molecule has 20 heavy (non-hydrogen) atoms. The Morgan fingerprint density at radius 3 is 2.75 bits per heavy atom. The molecule has 1 aliphatic rings. The van der Waals surface area contributed by atoms with E-state index in [2.05, 4.69) is 19.2 Å². The maximum Gasteiger partial charge on any atom is 0.251 e. The number of anilines is 1. The number of methoxy groups -OCH3 is 1. The molecule has 4 nitrogen and oxygen atoms in total. The predicted octanol–water partition coefficient (Wildman–Crippen LogP) is 2.83. The zero-order valence-corrected chi connectivity index (χ0v) is 12.5. The first-order valence-electron chi connectivity index (χ1n) is 7.26. The number of nitrogens with one attached hydrogen (secondary N) is 1. The summed E-state index contributed by atoms with van der Waals surface area (Å²) in [6, 6.07) is 5.37. The van der Waals surface area contributed by atoms with Gasteiger partial charge in [-0.1, -0.05) is 26.7 Å². The van der Waals surface area contributed by atoms with E-state index in [0.29, 0.717) is 28.8 Å². The van der Waals surface area contributed by atoms with Crippen LogP contribution >= 0.6 is 0 Å². The van der Waals surface area contributed by atoms with Gasteiger partial charge in [0.1, 0.15) is 5.75 Å². The zero-order chi connectivity index (χ0) is 14.7. The highest BCUT2D eigenvalue weighted by molar-refractivity contribution is 5.95. The Morgan fingerprint density at radius 1 is 1.30 bits per heavy atom. The van der Waals surface area contributed by atoms with E-state index in [0.717, 1.165) is 6.42 Å². The Labute approximate surface area is 120 Å². The molecule has 3 unspecified atom stereocenters. The van der Waals surface area contributed by atoms with Crippen LogP contribution in [-0.2, 0) is 0 Å². The van der Waals surface area contributed by atoms with Gasteiger partial charge in [-0.2, -0.15) is 0 Å². The molecule has 2 rings (SSSR count). The van der Waals surface area contributed by atoms with Gasteiger partial charge in [-0.15, -0.1) is 0 Å². The van der Waals surface area contributed by atoms with Gasteiger partial charge in [-0.05, 0) is 30.4 Å². The number of benzene rings is 1. The molecule has 4 heteroatoms. The van der Waals surface area contributed by atoms with Crippen LogP contribution in [0.5, 0.6) is 5.75 Å². The number of ether oxygens (including phenoxy) is 1. The Bertz CT molecular complexity index is 487. The fraction of sp³-hybridized carbons (Fsp3) is 0.562. The standard InChI is InChI=1S/C16H24N2O2/c1-10-5-4-6-15(11(10)2)18-16(19)12-7-13(17)9-14(8-12)20-3/h7-11,15H,4-6,17H2,1-3H3,(H,18,19). The second-order valence-electron chi connectivity index (χ2n) is 5.84. The van der Waals surface area contributed by atoms with Crippen molar-refractivity contribution < 1.29 is 9.53 Å². The molecule has 1 fully saturated rings. The molecule has 0 heterocycles. The molecule has 110 valence electrons. The van der Waals surface area contributed by atoms with Crippen molar-refractivity contribution in [3.63, 3.8) is 0 Å². The van der Waals surface area contributed by atoms with Crippen LogP contribution in [0.4, 0.5) is 5.69 Å². The minimum Gasteiger partial charge on any atom is -0.497 e. The van der Waals surface area contributed by atoms with E-state index in [1.54, 1.807) is 25.3 Å². The van der Waals surface area contributed by atoms with E-state index < -0.39 is 0 Å². The highest BCUT2D eigenvalue weighted by Crippen LogP contribution is 2.29. The van der Waals surface area contributed by atoms with Gasteiger partial charge in [0.25, 0.3) is 5.91 Å². The fourth-order valence-corrected chi connectivity index (χ4v) is 2.91. The lowest BCUT2D eigenvalue weighted by molar-refractivity contribution is 0.0891. The van der Waals surface area contributed by atoms with Gasteiger partial charge < -0.3 is 15.8 Å². The van der Waals surface area contributed by atoms with Gasteiger partial charge in [-0.3, -0.25) is 4.79 Å². The summed E-state index contributed by atoms with van der Waals surface area (Å²) in [5, 5.41) is 3.14. The normalized spacial score (nSPS) is 26.1. The fourth-order valence-electron chi connectivity index (χ4n) is 2.91. The highest BCUT2D eigenvalue weighted by atomic mass is 16.5. The SMILES string of the molecule is COc1cc(N)cc(C(=O)NC2CCCC(C)C2C)c1. The second kappa shape index (κ2) is 6.16. The molecule has 1 aromatic carbocycles. The molecule has 1 saturated carbocycles. The summed E-state index contributed by atoms with van der Waals surface area (Å²) >= 11 is 0. The number of nitrogen functional groups attached to an aromatic ring is 1. The Hall–Kier alpha value is -1.71. The van der Waals surface area contributed by atoms with E-state index in [-0.39, 0.29) is 11.9 Å². The van der Waals surface area contributed by atoms with Crippen molar-refractivity contribution in [3.8, 4) is 5.75 Å². The van der Waals surface area contributed by atoms with Crippen LogP contribution in [0.2, 0.25) is 0 Å². The smallest absolute Gasteiger partial charge is 0.251 e. The molecule has 3 N–H and O–H groups in total. The molecule has 0 bridgehead atoms. The number of nitrogens with two attached hydrogens (primary N) is 1. The lowest BCUT2D eigenvalue weighted by Gasteiger charge is -2.34. The first kappa shape index (κ1) is 14.7. The topological polar surface area (TPSA) is 64.3 Å². The summed E-state index contributed by atoms with van der Waals surface area (Å²) in [6.07, 6.45) is 3.48. The summed E-state index contributed by atoms with van der Waals surface area (Å²) < 4.78 is 5.15. The summed E-state index contributed by atoms with van der Waals surface area (Å²) in [7, 11) is 1.57. The van der Waals surface area contributed by atoms with Crippen molar-refractivity contribution >= 4 is 11.6 Å². The zero-order valence-electron chi connectivity index (χ0n) is 12.5. The van der Waals surface area contributed by atoms with Gasteiger partial charge in [0, 0.05) is 23.4 Å². The van der Waals surface area contributed by atoms with Gasteiger partial charge in [0.05, 0.1) is 7.11 Å². The van der Waals surface area contributed by atoms with Crippen molar-refractivity contribution in [2.45, 2.75) is 39.2 Å². The van der Waals surface area contributed by atoms with Crippen molar-refractivity contribution in [2.24, 2.45) is 11.8 Å². The molecule has 0 saturated heterocycles. The number of carbonyl (C=O) groups excluding carboxylic acids is 1.